The second kappa shape index (κ2) is 3.48. The van der Waals surface area contributed by atoms with Crippen molar-refractivity contribution < 1.29 is 0 Å². The summed E-state index contributed by atoms with van der Waals surface area (Å²) < 4.78 is 1.71. The Morgan fingerprint density at radius 3 is 3.12 bits per heavy atom. The van der Waals surface area contributed by atoms with Gasteiger partial charge in [0, 0.05) is 24.2 Å². The van der Waals surface area contributed by atoms with Gasteiger partial charge in [-0.05, 0) is 13.0 Å². The van der Waals surface area contributed by atoms with Gasteiger partial charge in [0.05, 0.1) is 0 Å². The molecule has 0 saturated heterocycles. The van der Waals surface area contributed by atoms with Gasteiger partial charge >= 0.3 is 0 Å². The molecule has 0 aliphatic rings. The van der Waals surface area contributed by atoms with Crippen molar-refractivity contribution in [2.45, 2.75) is 6.92 Å². The summed E-state index contributed by atoms with van der Waals surface area (Å²) in [5, 5.41) is 9.99. The summed E-state index contributed by atoms with van der Waals surface area (Å²) in [5.74, 6) is 1.67. The van der Waals surface area contributed by atoms with Crippen LogP contribution in [-0.2, 0) is 0 Å². The normalized spacial score (nSPS) is 10.9. The summed E-state index contributed by atoms with van der Waals surface area (Å²) in [5.41, 5.74) is 7.42. The van der Waals surface area contributed by atoms with Gasteiger partial charge in [0.25, 0.3) is 0 Å². The van der Waals surface area contributed by atoms with Crippen molar-refractivity contribution >= 4 is 23.2 Å². The summed E-state index contributed by atoms with van der Waals surface area (Å²) in [7, 11) is 0. The van der Waals surface area contributed by atoms with Crippen LogP contribution in [0.1, 0.15) is 5.69 Å². The molecule has 7 heteroatoms. The Kier molecular flexibility index (Phi) is 1.97. The standard InChI is InChI=1S/C10H11N7/c1-6-5-7(16-15-6)13-8-9-12-3-2-4-17(9)10(11)14-8/h2-5H,1H3,(H2,11,14)(H2,13,15,16). The Balaban J connectivity index is 2.06. The maximum atomic E-state index is 5.78. The van der Waals surface area contributed by atoms with E-state index in [9.17, 15) is 0 Å². The number of fused-ring (bicyclic) bond motifs is 1. The molecule has 7 nitrogen and oxygen atoms in total. The zero-order chi connectivity index (χ0) is 11.8. The number of aromatic amines is 1. The fourth-order valence-electron chi connectivity index (χ4n) is 1.64. The van der Waals surface area contributed by atoms with E-state index in [0.29, 0.717) is 23.2 Å². The van der Waals surface area contributed by atoms with Crippen molar-refractivity contribution in [1.82, 2.24) is 24.6 Å². The first kappa shape index (κ1) is 9.64. The summed E-state index contributed by atoms with van der Waals surface area (Å²) in [6.07, 6.45) is 3.50. The Morgan fingerprint density at radius 2 is 2.35 bits per heavy atom. The number of aryl methyl sites for hydroxylation is 1. The molecule has 0 spiro atoms. The minimum absolute atomic E-state index is 0.392. The molecule has 0 aliphatic carbocycles. The number of hydrogen-bond donors (Lipinski definition) is 3. The molecule has 0 saturated carbocycles. The van der Waals surface area contributed by atoms with E-state index in [4.69, 9.17) is 5.73 Å². The molecule has 0 unspecified atom stereocenters. The van der Waals surface area contributed by atoms with E-state index in [0.717, 1.165) is 5.69 Å². The van der Waals surface area contributed by atoms with Crippen molar-refractivity contribution in [3.63, 3.8) is 0 Å². The van der Waals surface area contributed by atoms with Gasteiger partial charge in [0.2, 0.25) is 5.95 Å². The van der Waals surface area contributed by atoms with Crippen molar-refractivity contribution in [1.29, 1.82) is 0 Å². The van der Waals surface area contributed by atoms with Gasteiger partial charge in [-0.2, -0.15) is 10.1 Å². The Hall–Kier alpha value is -2.57. The first-order valence-electron chi connectivity index (χ1n) is 5.11. The van der Waals surface area contributed by atoms with E-state index < -0.39 is 0 Å². The molecule has 3 aromatic heterocycles. The number of nitrogens with two attached hydrogens (primary N) is 1. The highest BCUT2D eigenvalue weighted by molar-refractivity contribution is 5.71. The molecule has 0 aliphatic heterocycles. The lowest BCUT2D eigenvalue weighted by atomic mass is 10.4. The van der Waals surface area contributed by atoms with E-state index in [1.165, 1.54) is 0 Å². The van der Waals surface area contributed by atoms with Crippen molar-refractivity contribution in [2.75, 3.05) is 11.1 Å². The number of imidazole rings is 1. The molecule has 0 aromatic carbocycles. The lowest BCUT2D eigenvalue weighted by molar-refractivity contribution is 1.05. The molecule has 3 heterocycles. The Bertz CT molecular complexity index is 666. The van der Waals surface area contributed by atoms with Gasteiger partial charge < -0.3 is 11.1 Å². The zero-order valence-corrected chi connectivity index (χ0v) is 9.18. The number of aromatic nitrogens is 5. The third kappa shape index (κ3) is 1.57. The van der Waals surface area contributed by atoms with Crippen LogP contribution in [0.25, 0.3) is 5.65 Å². The molecule has 0 bridgehead atoms. The average Bonchev–Trinajstić information content (AvgIpc) is 2.86. The van der Waals surface area contributed by atoms with Gasteiger partial charge in [-0.15, -0.1) is 0 Å². The topological polar surface area (TPSA) is 96.9 Å². The Morgan fingerprint density at radius 1 is 1.47 bits per heavy atom. The second-order valence-electron chi connectivity index (χ2n) is 3.69. The summed E-state index contributed by atoms with van der Waals surface area (Å²) in [6.45, 7) is 1.93. The molecule has 0 radical (unpaired) electrons. The molecule has 4 N–H and O–H groups in total. The first-order chi connectivity index (χ1) is 8.24. The van der Waals surface area contributed by atoms with Crippen LogP contribution >= 0.6 is 0 Å². The summed E-state index contributed by atoms with van der Waals surface area (Å²) in [4.78, 5) is 8.43. The van der Waals surface area contributed by atoms with Crippen LogP contribution in [0, 0.1) is 6.92 Å². The van der Waals surface area contributed by atoms with Gasteiger partial charge in [-0.1, -0.05) is 0 Å². The van der Waals surface area contributed by atoms with Crippen molar-refractivity contribution in [2.24, 2.45) is 0 Å². The molecule has 3 aromatic rings. The average molecular weight is 229 g/mol. The maximum absolute atomic E-state index is 5.78. The molecule has 0 atom stereocenters. The Labute approximate surface area is 96.7 Å². The quantitative estimate of drug-likeness (QED) is 0.611. The van der Waals surface area contributed by atoms with Crippen molar-refractivity contribution in [3.8, 4) is 0 Å². The monoisotopic (exact) mass is 229 g/mol. The number of nitrogens with zero attached hydrogens (tertiary/aromatic N) is 4. The lowest BCUT2D eigenvalue weighted by Crippen LogP contribution is -1.93. The molecule has 0 fully saturated rings. The first-order valence-corrected chi connectivity index (χ1v) is 5.11. The van der Waals surface area contributed by atoms with Crippen LogP contribution < -0.4 is 11.1 Å². The lowest BCUT2D eigenvalue weighted by Gasteiger charge is -1.97. The van der Waals surface area contributed by atoms with Crippen molar-refractivity contribution in [3.05, 3.63) is 30.2 Å². The van der Waals surface area contributed by atoms with E-state index in [-0.39, 0.29) is 0 Å². The molecule has 0 amide bonds. The van der Waals surface area contributed by atoms with Gasteiger partial charge in [-0.25, -0.2) is 4.98 Å². The van der Waals surface area contributed by atoms with Crippen LogP contribution in [-0.4, -0.2) is 24.6 Å². The number of rotatable bonds is 2. The summed E-state index contributed by atoms with van der Waals surface area (Å²) >= 11 is 0. The number of nitrogens with one attached hydrogen (secondary N) is 2. The number of nitrogen functional groups attached to an aromatic ring is 1. The predicted molar refractivity (Wildman–Crippen MR) is 64.0 cm³/mol. The van der Waals surface area contributed by atoms with E-state index >= 15 is 0 Å². The predicted octanol–water partition coefficient (Wildman–Crippen LogP) is 1.09. The van der Waals surface area contributed by atoms with Crippen LogP contribution in [0.4, 0.5) is 17.6 Å². The van der Waals surface area contributed by atoms with E-state index in [1.807, 2.05) is 19.2 Å². The van der Waals surface area contributed by atoms with Crippen LogP contribution in [0.3, 0.4) is 0 Å². The zero-order valence-electron chi connectivity index (χ0n) is 9.18. The highest BCUT2D eigenvalue weighted by atomic mass is 15.2. The molecular weight excluding hydrogens is 218 g/mol. The minimum atomic E-state index is 0.392. The SMILES string of the molecule is Cc1cc(Nc2nc(N)n3cccnc23)n[nH]1. The minimum Gasteiger partial charge on any atom is -0.369 e. The van der Waals surface area contributed by atoms with Gasteiger partial charge in [0.1, 0.15) is 0 Å². The van der Waals surface area contributed by atoms with Crippen LogP contribution in [0.15, 0.2) is 24.5 Å². The largest absolute Gasteiger partial charge is 0.369 e. The fraction of sp³-hybridized carbons (Fsp3) is 0.100. The third-order valence-electron chi connectivity index (χ3n) is 2.38. The summed E-state index contributed by atoms with van der Waals surface area (Å²) in [6, 6.07) is 3.68. The van der Waals surface area contributed by atoms with Crippen LogP contribution in [0.5, 0.6) is 0 Å². The fourth-order valence-corrected chi connectivity index (χ4v) is 1.64. The number of anilines is 3. The number of hydrogen-bond acceptors (Lipinski definition) is 5. The smallest absolute Gasteiger partial charge is 0.208 e. The highest BCUT2D eigenvalue weighted by Crippen LogP contribution is 2.20. The third-order valence-corrected chi connectivity index (χ3v) is 2.38. The number of H-pyrrole nitrogens is 1. The van der Waals surface area contributed by atoms with Crippen LogP contribution in [0.2, 0.25) is 0 Å². The molecule has 3 rings (SSSR count). The molecule has 86 valence electrons. The highest BCUT2D eigenvalue weighted by Gasteiger charge is 2.10. The van der Waals surface area contributed by atoms with Gasteiger partial charge in [-0.3, -0.25) is 9.50 Å². The molecular formula is C10H11N7. The molecule has 17 heavy (non-hydrogen) atoms. The second-order valence-corrected chi connectivity index (χ2v) is 3.69. The van der Waals surface area contributed by atoms with Gasteiger partial charge in [0.15, 0.2) is 17.3 Å². The maximum Gasteiger partial charge on any atom is 0.208 e. The van der Waals surface area contributed by atoms with E-state index in [2.05, 4.69) is 25.5 Å². The van der Waals surface area contributed by atoms with E-state index in [1.54, 1.807) is 16.7 Å².